The predicted octanol–water partition coefficient (Wildman–Crippen LogP) is 3.18. The minimum absolute atomic E-state index is 0.159. The van der Waals surface area contributed by atoms with Crippen molar-refractivity contribution in [2.75, 3.05) is 19.0 Å². The molecule has 1 rings (SSSR count). The van der Waals surface area contributed by atoms with Gasteiger partial charge in [0.15, 0.2) is 0 Å². The van der Waals surface area contributed by atoms with Crippen LogP contribution in [0.3, 0.4) is 0 Å². The summed E-state index contributed by atoms with van der Waals surface area (Å²) in [6.07, 6.45) is 0.652. The summed E-state index contributed by atoms with van der Waals surface area (Å²) in [5.74, 6) is 0.762. The van der Waals surface area contributed by atoms with Crippen molar-refractivity contribution in [2.24, 2.45) is 5.92 Å². The standard InChI is InChI=1S/C16H26N2O3/c1-7-21-14-9-8-13(12(4)17-14)18-15(19)16(5,20-6)10-11(2)3/h8-9,11H,7,10H2,1-6H3,(H,18,19)/t16-/m1/s1. The molecule has 0 aromatic carbocycles. The molecule has 0 saturated carbocycles. The lowest BCUT2D eigenvalue weighted by Crippen LogP contribution is -2.43. The largest absolute Gasteiger partial charge is 0.478 e. The Hall–Kier alpha value is -1.62. The van der Waals surface area contributed by atoms with Crippen LogP contribution in [0.1, 0.15) is 39.8 Å². The molecular formula is C16H26N2O3. The fraction of sp³-hybridized carbons (Fsp3) is 0.625. The molecule has 5 nitrogen and oxygen atoms in total. The lowest BCUT2D eigenvalue weighted by Gasteiger charge is -2.28. The van der Waals surface area contributed by atoms with Crippen molar-refractivity contribution < 1.29 is 14.3 Å². The lowest BCUT2D eigenvalue weighted by atomic mass is 9.93. The number of nitrogens with one attached hydrogen (secondary N) is 1. The molecule has 0 radical (unpaired) electrons. The maximum atomic E-state index is 12.5. The number of methoxy groups -OCH3 is 1. The second-order valence-corrected chi connectivity index (χ2v) is 5.70. The van der Waals surface area contributed by atoms with Gasteiger partial charge in [-0.05, 0) is 39.2 Å². The topological polar surface area (TPSA) is 60.5 Å². The van der Waals surface area contributed by atoms with Crippen LogP contribution in [0.5, 0.6) is 5.88 Å². The molecule has 0 saturated heterocycles. The van der Waals surface area contributed by atoms with Gasteiger partial charge in [0.05, 0.1) is 18.0 Å². The number of carbonyl (C=O) groups is 1. The van der Waals surface area contributed by atoms with Crippen molar-refractivity contribution in [1.29, 1.82) is 0 Å². The molecule has 1 aromatic heterocycles. The van der Waals surface area contributed by atoms with Crippen molar-refractivity contribution >= 4 is 11.6 Å². The first kappa shape index (κ1) is 17.4. The summed E-state index contributed by atoms with van der Waals surface area (Å²) in [6, 6.07) is 3.55. The SMILES string of the molecule is CCOc1ccc(NC(=O)[C@@](C)(CC(C)C)OC)c(C)n1. The van der Waals surface area contributed by atoms with Gasteiger partial charge in [0.1, 0.15) is 5.60 Å². The fourth-order valence-corrected chi connectivity index (χ4v) is 2.20. The molecule has 0 aliphatic carbocycles. The Morgan fingerprint density at radius 2 is 2.10 bits per heavy atom. The van der Waals surface area contributed by atoms with Crippen LogP contribution in [0.25, 0.3) is 0 Å². The molecule has 5 heteroatoms. The summed E-state index contributed by atoms with van der Waals surface area (Å²) in [5.41, 5.74) is 0.548. The van der Waals surface area contributed by atoms with Crippen molar-refractivity contribution in [2.45, 2.75) is 46.6 Å². The molecule has 1 atom stereocenters. The third-order valence-electron chi connectivity index (χ3n) is 3.33. The number of hydrogen-bond acceptors (Lipinski definition) is 4. The van der Waals surface area contributed by atoms with Crippen molar-refractivity contribution in [3.05, 3.63) is 17.8 Å². The number of nitrogens with zero attached hydrogens (tertiary/aromatic N) is 1. The van der Waals surface area contributed by atoms with Gasteiger partial charge in [0.25, 0.3) is 5.91 Å². The minimum atomic E-state index is -0.848. The van der Waals surface area contributed by atoms with Crippen molar-refractivity contribution in [1.82, 2.24) is 4.98 Å². The summed E-state index contributed by atoms with van der Waals surface area (Å²) in [4.78, 5) is 16.8. The second-order valence-electron chi connectivity index (χ2n) is 5.70. The summed E-state index contributed by atoms with van der Waals surface area (Å²) >= 11 is 0. The van der Waals surface area contributed by atoms with E-state index in [4.69, 9.17) is 9.47 Å². The van der Waals surface area contributed by atoms with E-state index in [1.54, 1.807) is 26.2 Å². The molecule has 1 N–H and O–H groups in total. The molecule has 118 valence electrons. The Morgan fingerprint density at radius 3 is 2.57 bits per heavy atom. The number of amides is 1. The summed E-state index contributed by atoms with van der Waals surface area (Å²) in [6.45, 7) is 10.2. The van der Waals surface area contributed by atoms with Gasteiger partial charge in [0.2, 0.25) is 5.88 Å². The number of ether oxygens (including phenoxy) is 2. The first-order valence-corrected chi connectivity index (χ1v) is 7.29. The van der Waals surface area contributed by atoms with Crippen molar-refractivity contribution in [3.63, 3.8) is 0 Å². The molecule has 1 aromatic rings. The third-order valence-corrected chi connectivity index (χ3v) is 3.33. The van der Waals surface area contributed by atoms with E-state index < -0.39 is 5.60 Å². The Morgan fingerprint density at radius 1 is 1.43 bits per heavy atom. The highest BCUT2D eigenvalue weighted by Crippen LogP contribution is 2.24. The van der Waals surface area contributed by atoms with E-state index in [2.05, 4.69) is 24.1 Å². The first-order valence-electron chi connectivity index (χ1n) is 7.29. The maximum Gasteiger partial charge on any atom is 0.256 e. The zero-order valence-corrected chi connectivity index (χ0v) is 13.8. The first-order chi connectivity index (χ1) is 9.82. The van der Waals surface area contributed by atoms with E-state index in [0.29, 0.717) is 30.5 Å². The maximum absolute atomic E-state index is 12.5. The summed E-state index contributed by atoms with van der Waals surface area (Å²) in [5, 5.41) is 2.89. The lowest BCUT2D eigenvalue weighted by molar-refractivity contribution is -0.137. The highest BCUT2D eigenvalue weighted by atomic mass is 16.5. The van der Waals surface area contributed by atoms with Crippen LogP contribution < -0.4 is 10.1 Å². The summed E-state index contributed by atoms with van der Waals surface area (Å²) < 4.78 is 10.8. The van der Waals surface area contributed by atoms with Gasteiger partial charge >= 0.3 is 0 Å². The Labute approximate surface area is 127 Å². The van der Waals surface area contributed by atoms with E-state index in [1.165, 1.54) is 0 Å². The van der Waals surface area contributed by atoms with Crippen LogP contribution in [0.2, 0.25) is 0 Å². The number of rotatable bonds is 7. The number of aryl methyl sites for hydroxylation is 1. The number of anilines is 1. The van der Waals surface area contributed by atoms with Gasteiger partial charge in [0, 0.05) is 13.2 Å². The molecule has 1 amide bonds. The zero-order valence-electron chi connectivity index (χ0n) is 13.8. The van der Waals surface area contributed by atoms with E-state index in [9.17, 15) is 4.79 Å². The number of hydrogen-bond donors (Lipinski definition) is 1. The third kappa shape index (κ3) is 4.70. The fourth-order valence-electron chi connectivity index (χ4n) is 2.20. The molecule has 0 spiro atoms. The van der Waals surface area contributed by atoms with Gasteiger partial charge in [-0.3, -0.25) is 4.79 Å². The molecule has 21 heavy (non-hydrogen) atoms. The van der Waals surface area contributed by atoms with Gasteiger partial charge in [-0.25, -0.2) is 4.98 Å². The van der Waals surface area contributed by atoms with Crippen LogP contribution in [0, 0.1) is 12.8 Å². The predicted molar refractivity (Wildman–Crippen MR) is 83.6 cm³/mol. The number of aromatic nitrogens is 1. The van der Waals surface area contributed by atoms with Gasteiger partial charge < -0.3 is 14.8 Å². The summed E-state index contributed by atoms with van der Waals surface area (Å²) in [7, 11) is 1.56. The van der Waals surface area contributed by atoms with Crippen molar-refractivity contribution in [3.8, 4) is 5.88 Å². The van der Waals surface area contributed by atoms with Crippen LogP contribution >= 0.6 is 0 Å². The zero-order chi connectivity index (χ0) is 16.0. The van der Waals surface area contributed by atoms with E-state index in [0.717, 1.165) is 5.69 Å². The second kappa shape index (κ2) is 7.41. The molecular weight excluding hydrogens is 268 g/mol. The number of carbonyl (C=O) groups excluding carboxylic acids is 1. The minimum Gasteiger partial charge on any atom is -0.478 e. The van der Waals surface area contributed by atoms with Crippen LogP contribution in [0.4, 0.5) is 5.69 Å². The van der Waals surface area contributed by atoms with Crippen LogP contribution in [0.15, 0.2) is 12.1 Å². The number of pyridine rings is 1. The Balaban J connectivity index is 2.86. The average molecular weight is 294 g/mol. The highest BCUT2D eigenvalue weighted by molar-refractivity contribution is 5.97. The molecule has 0 fully saturated rings. The monoisotopic (exact) mass is 294 g/mol. The van der Waals surface area contributed by atoms with Crippen LogP contribution in [-0.4, -0.2) is 30.2 Å². The Bertz CT molecular complexity index is 488. The van der Waals surface area contributed by atoms with E-state index in [-0.39, 0.29) is 5.91 Å². The van der Waals surface area contributed by atoms with Gasteiger partial charge in [-0.1, -0.05) is 13.8 Å². The molecule has 0 unspecified atom stereocenters. The quantitative estimate of drug-likeness (QED) is 0.839. The molecule has 0 aliphatic rings. The van der Waals surface area contributed by atoms with E-state index in [1.807, 2.05) is 13.8 Å². The van der Waals surface area contributed by atoms with Gasteiger partial charge in [-0.2, -0.15) is 0 Å². The highest BCUT2D eigenvalue weighted by Gasteiger charge is 2.34. The average Bonchev–Trinajstić information content (AvgIpc) is 2.41. The molecule has 0 bridgehead atoms. The smallest absolute Gasteiger partial charge is 0.256 e. The Kier molecular flexibility index (Phi) is 6.15. The molecule has 1 heterocycles. The van der Waals surface area contributed by atoms with Crippen LogP contribution in [-0.2, 0) is 9.53 Å². The normalized spacial score (nSPS) is 13.9. The molecule has 0 aliphatic heterocycles. The van der Waals surface area contributed by atoms with Gasteiger partial charge in [-0.15, -0.1) is 0 Å². The van der Waals surface area contributed by atoms with E-state index >= 15 is 0 Å².